The van der Waals surface area contributed by atoms with Gasteiger partial charge in [0, 0.05) is 13.1 Å². The molecule has 0 aliphatic carbocycles. The summed E-state index contributed by atoms with van der Waals surface area (Å²) in [5, 5.41) is 2.34. The molecule has 66 valence electrons. The third kappa shape index (κ3) is 2.80. The Labute approximate surface area is 69.9 Å². The average molecular weight is 156 g/mol. The van der Waals surface area contributed by atoms with E-state index < -0.39 is 0 Å². The number of hydrazine groups is 1. The largest absolute Gasteiger partial charge is 0.258 e. The average Bonchev–Trinajstić information content (AvgIpc) is 2.13. The van der Waals surface area contributed by atoms with E-state index in [1.165, 1.54) is 25.9 Å². The van der Waals surface area contributed by atoms with Crippen LogP contribution in [0.3, 0.4) is 0 Å². The molecule has 0 radical (unpaired) electrons. The number of hydrogen-bond acceptors (Lipinski definition) is 2. The van der Waals surface area contributed by atoms with Gasteiger partial charge >= 0.3 is 0 Å². The van der Waals surface area contributed by atoms with Crippen molar-refractivity contribution in [1.82, 2.24) is 10.4 Å². The van der Waals surface area contributed by atoms with Crippen LogP contribution in [0.5, 0.6) is 0 Å². The lowest BCUT2D eigenvalue weighted by atomic mass is 10.0. The summed E-state index contributed by atoms with van der Waals surface area (Å²) in [6.45, 7) is 7.09. The van der Waals surface area contributed by atoms with Gasteiger partial charge in [0.15, 0.2) is 0 Å². The lowest BCUT2D eigenvalue weighted by molar-refractivity contribution is 0.177. The van der Waals surface area contributed by atoms with Crippen LogP contribution in [-0.4, -0.2) is 25.1 Å². The van der Waals surface area contributed by atoms with E-state index in [0.717, 1.165) is 11.8 Å². The summed E-state index contributed by atoms with van der Waals surface area (Å²) < 4.78 is 0. The van der Waals surface area contributed by atoms with Crippen LogP contribution in [0.2, 0.25) is 0 Å². The maximum atomic E-state index is 3.24. The van der Waals surface area contributed by atoms with Gasteiger partial charge in [0.25, 0.3) is 0 Å². The summed E-state index contributed by atoms with van der Waals surface area (Å²) >= 11 is 0. The van der Waals surface area contributed by atoms with Crippen molar-refractivity contribution in [2.45, 2.75) is 26.7 Å². The van der Waals surface area contributed by atoms with Crippen LogP contribution in [0, 0.1) is 11.8 Å². The van der Waals surface area contributed by atoms with Crippen LogP contribution in [0.15, 0.2) is 0 Å². The molecule has 0 saturated carbocycles. The molecule has 1 saturated heterocycles. The molecule has 1 aliphatic heterocycles. The van der Waals surface area contributed by atoms with E-state index in [1.54, 1.807) is 0 Å². The number of rotatable bonds is 1. The van der Waals surface area contributed by atoms with E-state index in [-0.39, 0.29) is 0 Å². The van der Waals surface area contributed by atoms with Gasteiger partial charge in [-0.05, 0) is 31.7 Å². The number of nitrogens with one attached hydrogen (secondary N) is 1. The molecule has 2 heteroatoms. The standard InChI is InChI=1S/C9H20N2/c1-8-4-5-9(2)7-11(6-8)10-3/h8-10H,4-7H2,1-3H3/t8-,9+. The molecule has 0 unspecified atom stereocenters. The second kappa shape index (κ2) is 4.07. The van der Waals surface area contributed by atoms with Crippen LogP contribution < -0.4 is 5.43 Å². The van der Waals surface area contributed by atoms with Crippen molar-refractivity contribution in [3.63, 3.8) is 0 Å². The highest BCUT2D eigenvalue weighted by molar-refractivity contribution is 4.68. The SMILES string of the molecule is CNN1C[C@H](C)CC[C@H](C)C1. The molecule has 1 aliphatic rings. The zero-order valence-electron chi connectivity index (χ0n) is 7.93. The van der Waals surface area contributed by atoms with Crippen molar-refractivity contribution in [3.8, 4) is 0 Å². The van der Waals surface area contributed by atoms with Crippen molar-refractivity contribution in [2.75, 3.05) is 20.1 Å². The van der Waals surface area contributed by atoms with Crippen molar-refractivity contribution < 1.29 is 0 Å². The zero-order chi connectivity index (χ0) is 8.27. The predicted octanol–water partition coefficient (Wildman–Crippen LogP) is 1.49. The third-order valence-corrected chi connectivity index (χ3v) is 2.53. The van der Waals surface area contributed by atoms with Gasteiger partial charge in [-0.25, -0.2) is 5.01 Å². The summed E-state index contributed by atoms with van der Waals surface area (Å²) in [7, 11) is 2.02. The summed E-state index contributed by atoms with van der Waals surface area (Å²) in [6, 6.07) is 0. The molecular weight excluding hydrogens is 136 g/mol. The van der Waals surface area contributed by atoms with Gasteiger partial charge in [0.1, 0.15) is 0 Å². The first kappa shape index (κ1) is 9.01. The van der Waals surface area contributed by atoms with E-state index in [0.29, 0.717) is 0 Å². The fraction of sp³-hybridized carbons (Fsp3) is 1.00. The van der Waals surface area contributed by atoms with Crippen molar-refractivity contribution in [3.05, 3.63) is 0 Å². The van der Waals surface area contributed by atoms with E-state index in [2.05, 4.69) is 24.3 Å². The Morgan fingerprint density at radius 2 is 1.55 bits per heavy atom. The molecule has 11 heavy (non-hydrogen) atoms. The topological polar surface area (TPSA) is 15.3 Å². The smallest absolute Gasteiger partial charge is 0.0156 e. The maximum Gasteiger partial charge on any atom is 0.0156 e. The highest BCUT2D eigenvalue weighted by Gasteiger charge is 2.17. The van der Waals surface area contributed by atoms with E-state index >= 15 is 0 Å². The van der Waals surface area contributed by atoms with Gasteiger partial charge in [0.2, 0.25) is 0 Å². The molecule has 2 nitrogen and oxygen atoms in total. The summed E-state index contributed by atoms with van der Waals surface area (Å²) in [4.78, 5) is 0. The maximum absolute atomic E-state index is 3.24. The number of hydrogen-bond donors (Lipinski definition) is 1. The lowest BCUT2D eigenvalue weighted by Crippen LogP contribution is -2.39. The zero-order valence-corrected chi connectivity index (χ0v) is 7.93. The van der Waals surface area contributed by atoms with Crippen molar-refractivity contribution in [1.29, 1.82) is 0 Å². The normalized spacial score (nSPS) is 35.2. The minimum absolute atomic E-state index is 0.854. The summed E-state index contributed by atoms with van der Waals surface area (Å²) in [6.07, 6.45) is 2.78. The molecule has 0 aromatic carbocycles. The first-order valence-electron chi connectivity index (χ1n) is 4.64. The van der Waals surface area contributed by atoms with Crippen LogP contribution in [0.1, 0.15) is 26.7 Å². The molecule has 2 atom stereocenters. The molecule has 0 aromatic rings. The minimum Gasteiger partial charge on any atom is -0.258 e. The Morgan fingerprint density at radius 3 is 1.91 bits per heavy atom. The Hall–Kier alpha value is -0.0800. The summed E-state index contributed by atoms with van der Waals surface area (Å²) in [5.74, 6) is 1.71. The molecule has 1 N–H and O–H groups in total. The lowest BCUT2D eigenvalue weighted by Gasteiger charge is -2.22. The molecule has 0 amide bonds. The highest BCUT2D eigenvalue weighted by atomic mass is 15.5. The molecule has 0 aromatic heterocycles. The molecule has 1 fully saturated rings. The predicted molar refractivity (Wildman–Crippen MR) is 48.2 cm³/mol. The van der Waals surface area contributed by atoms with Crippen LogP contribution in [-0.2, 0) is 0 Å². The van der Waals surface area contributed by atoms with E-state index in [1.807, 2.05) is 7.05 Å². The molecule has 1 heterocycles. The summed E-state index contributed by atoms with van der Waals surface area (Å²) in [5.41, 5.74) is 3.24. The first-order valence-corrected chi connectivity index (χ1v) is 4.64. The van der Waals surface area contributed by atoms with Crippen LogP contribution in [0.25, 0.3) is 0 Å². The Morgan fingerprint density at radius 1 is 1.09 bits per heavy atom. The second-order valence-corrected chi connectivity index (χ2v) is 3.92. The minimum atomic E-state index is 0.854. The fourth-order valence-electron chi connectivity index (χ4n) is 1.76. The Bertz CT molecular complexity index is 102. The molecule has 1 rings (SSSR count). The quantitative estimate of drug-likeness (QED) is 0.619. The second-order valence-electron chi connectivity index (χ2n) is 3.92. The monoisotopic (exact) mass is 156 g/mol. The van der Waals surface area contributed by atoms with Crippen LogP contribution in [0.4, 0.5) is 0 Å². The van der Waals surface area contributed by atoms with Gasteiger partial charge in [-0.15, -0.1) is 0 Å². The van der Waals surface area contributed by atoms with Crippen LogP contribution >= 0.6 is 0 Å². The van der Waals surface area contributed by atoms with Crippen molar-refractivity contribution >= 4 is 0 Å². The van der Waals surface area contributed by atoms with Gasteiger partial charge in [-0.3, -0.25) is 5.43 Å². The highest BCUT2D eigenvalue weighted by Crippen LogP contribution is 2.18. The fourth-order valence-corrected chi connectivity index (χ4v) is 1.76. The van der Waals surface area contributed by atoms with E-state index in [4.69, 9.17) is 0 Å². The van der Waals surface area contributed by atoms with E-state index in [9.17, 15) is 0 Å². The number of nitrogens with zero attached hydrogens (tertiary/aromatic N) is 1. The van der Waals surface area contributed by atoms with Crippen molar-refractivity contribution in [2.24, 2.45) is 11.8 Å². The first-order chi connectivity index (χ1) is 5.22. The Kier molecular flexibility index (Phi) is 3.34. The third-order valence-electron chi connectivity index (χ3n) is 2.53. The molecular formula is C9H20N2. The van der Waals surface area contributed by atoms with Gasteiger partial charge < -0.3 is 0 Å². The Balaban J connectivity index is 2.41. The van der Waals surface area contributed by atoms with Gasteiger partial charge in [-0.1, -0.05) is 13.8 Å². The molecule has 0 spiro atoms. The van der Waals surface area contributed by atoms with Gasteiger partial charge in [-0.2, -0.15) is 0 Å². The van der Waals surface area contributed by atoms with Gasteiger partial charge in [0.05, 0.1) is 0 Å². The molecule has 0 bridgehead atoms.